The summed E-state index contributed by atoms with van der Waals surface area (Å²) in [6, 6.07) is 7.89. The number of aryl methyl sites for hydroxylation is 1. The molecule has 4 rings (SSSR count). The maximum atomic E-state index is 13.6. The highest BCUT2D eigenvalue weighted by Crippen LogP contribution is 2.30. The molecule has 0 aliphatic carbocycles. The van der Waals surface area contributed by atoms with E-state index in [0.29, 0.717) is 74.0 Å². The molecule has 9 nitrogen and oxygen atoms in total. The summed E-state index contributed by atoms with van der Waals surface area (Å²) in [5, 5.41) is 10.7. The molecule has 4 N–H and O–H groups in total. The summed E-state index contributed by atoms with van der Waals surface area (Å²) in [6.45, 7) is 1.83. The summed E-state index contributed by atoms with van der Waals surface area (Å²) in [6.07, 6.45) is 5.83. The first-order valence-electron chi connectivity index (χ1n) is 12.3. The van der Waals surface area contributed by atoms with Gasteiger partial charge in [-0.05, 0) is 49.6 Å². The molecule has 196 valence electrons. The van der Waals surface area contributed by atoms with Crippen LogP contribution in [0, 0.1) is 5.82 Å². The number of hydrogen-bond donors (Lipinski definition) is 3. The molecular formula is C26H31ClFN7O2. The molecule has 1 fully saturated rings. The first-order chi connectivity index (χ1) is 17.9. The van der Waals surface area contributed by atoms with Crippen molar-refractivity contribution >= 4 is 29.2 Å². The molecule has 37 heavy (non-hydrogen) atoms. The molecule has 1 aliphatic heterocycles. The van der Waals surface area contributed by atoms with E-state index in [1.165, 1.54) is 12.1 Å². The summed E-state index contributed by atoms with van der Waals surface area (Å²) in [4.78, 5) is 32.0. The standard InChI is InChI=1S/C26H31ClFN7O2/c1-34-16-18(14-32-34)24-22(27)13-21(25(33-24)30-10-8-17-4-2-5-19(28)12-17)26(37)31-15-20-6-7-23(36)35(20)11-3-9-29/h2,4-5,12-14,16,20H,3,6-11,15,29H2,1H3,(H,30,33)(H,31,37)/t20-/m1/s1. The zero-order valence-corrected chi connectivity index (χ0v) is 21.5. The third-order valence-electron chi connectivity index (χ3n) is 6.35. The number of nitrogens with one attached hydrogen (secondary N) is 2. The Morgan fingerprint density at radius 1 is 1.32 bits per heavy atom. The van der Waals surface area contributed by atoms with Gasteiger partial charge in [0, 0.05) is 50.9 Å². The fraction of sp³-hybridized carbons (Fsp3) is 0.385. The number of carbonyl (C=O) groups excluding carboxylic acids is 2. The number of amides is 2. The molecular weight excluding hydrogens is 497 g/mol. The first kappa shape index (κ1) is 26.6. The lowest BCUT2D eigenvalue weighted by Crippen LogP contribution is -2.42. The number of anilines is 1. The minimum absolute atomic E-state index is 0.0783. The van der Waals surface area contributed by atoms with Crippen LogP contribution in [0.15, 0.2) is 42.7 Å². The number of hydrogen-bond acceptors (Lipinski definition) is 6. The average molecular weight is 528 g/mol. The van der Waals surface area contributed by atoms with Crippen molar-refractivity contribution in [2.45, 2.75) is 31.7 Å². The molecule has 0 unspecified atom stereocenters. The highest BCUT2D eigenvalue weighted by Gasteiger charge is 2.31. The van der Waals surface area contributed by atoms with Crippen molar-refractivity contribution in [3.05, 3.63) is 64.7 Å². The molecule has 1 aliphatic rings. The largest absolute Gasteiger partial charge is 0.369 e. The van der Waals surface area contributed by atoms with Crippen LogP contribution in [0.5, 0.6) is 0 Å². The van der Waals surface area contributed by atoms with Crippen molar-refractivity contribution < 1.29 is 14.0 Å². The highest BCUT2D eigenvalue weighted by molar-refractivity contribution is 6.33. The lowest BCUT2D eigenvalue weighted by atomic mass is 10.1. The topological polar surface area (TPSA) is 118 Å². The second-order valence-corrected chi connectivity index (χ2v) is 9.46. The number of pyridine rings is 1. The van der Waals surface area contributed by atoms with Crippen molar-refractivity contribution in [2.24, 2.45) is 12.8 Å². The van der Waals surface area contributed by atoms with E-state index < -0.39 is 0 Å². The Morgan fingerprint density at radius 3 is 2.89 bits per heavy atom. The second-order valence-electron chi connectivity index (χ2n) is 9.06. The predicted molar refractivity (Wildman–Crippen MR) is 141 cm³/mol. The quantitative estimate of drug-likeness (QED) is 0.353. The molecule has 3 aromatic rings. The van der Waals surface area contributed by atoms with E-state index in [-0.39, 0.29) is 29.2 Å². The molecule has 2 amide bonds. The average Bonchev–Trinajstić information content (AvgIpc) is 3.46. The van der Waals surface area contributed by atoms with Crippen LogP contribution >= 0.6 is 11.6 Å². The van der Waals surface area contributed by atoms with Gasteiger partial charge in [0.1, 0.15) is 11.6 Å². The van der Waals surface area contributed by atoms with Crippen LogP contribution in [0.3, 0.4) is 0 Å². The van der Waals surface area contributed by atoms with Crippen LogP contribution in [0.4, 0.5) is 10.2 Å². The lowest BCUT2D eigenvalue weighted by molar-refractivity contribution is -0.128. The molecule has 1 saturated heterocycles. The van der Waals surface area contributed by atoms with Crippen LogP contribution in [-0.2, 0) is 18.3 Å². The van der Waals surface area contributed by atoms with Gasteiger partial charge in [-0.25, -0.2) is 9.37 Å². The van der Waals surface area contributed by atoms with Gasteiger partial charge in [-0.2, -0.15) is 5.10 Å². The van der Waals surface area contributed by atoms with Crippen LogP contribution < -0.4 is 16.4 Å². The van der Waals surface area contributed by atoms with E-state index in [2.05, 4.69) is 20.7 Å². The first-order valence-corrected chi connectivity index (χ1v) is 12.7. The molecule has 11 heteroatoms. The van der Waals surface area contributed by atoms with Crippen molar-refractivity contribution in [1.82, 2.24) is 25.0 Å². The molecule has 3 heterocycles. The molecule has 0 radical (unpaired) electrons. The zero-order valence-electron chi connectivity index (χ0n) is 20.7. The van der Waals surface area contributed by atoms with Gasteiger partial charge in [-0.15, -0.1) is 0 Å². The van der Waals surface area contributed by atoms with Gasteiger partial charge < -0.3 is 21.3 Å². The number of carbonyl (C=O) groups is 2. The van der Waals surface area contributed by atoms with Crippen LogP contribution in [0.1, 0.15) is 35.2 Å². The Labute approximate surface area is 220 Å². The Balaban J connectivity index is 1.52. The minimum atomic E-state index is -0.349. The molecule has 0 saturated carbocycles. The summed E-state index contributed by atoms with van der Waals surface area (Å²) < 4.78 is 15.2. The lowest BCUT2D eigenvalue weighted by Gasteiger charge is -2.25. The normalized spacial score (nSPS) is 15.3. The van der Waals surface area contributed by atoms with Gasteiger partial charge in [0.25, 0.3) is 5.91 Å². The Hall–Kier alpha value is -3.50. The zero-order chi connectivity index (χ0) is 26.4. The van der Waals surface area contributed by atoms with Gasteiger partial charge in [0.15, 0.2) is 0 Å². The van der Waals surface area contributed by atoms with Crippen molar-refractivity contribution in [3.63, 3.8) is 0 Å². The van der Waals surface area contributed by atoms with Crippen LogP contribution in [0.2, 0.25) is 5.02 Å². The monoisotopic (exact) mass is 527 g/mol. The Kier molecular flexibility index (Phi) is 8.73. The van der Waals surface area contributed by atoms with Crippen molar-refractivity contribution in [2.75, 3.05) is 31.5 Å². The summed E-state index contributed by atoms with van der Waals surface area (Å²) in [5.74, 6) is -0.206. The predicted octanol–water partition coefficient (Wildman–Crippen LogP) is 3.00. The third kappa shape index (κ3) is 6.64. The number of rotatable bonds is 11. The summed E-state index contributed by atoms with van der Waals surface area (Å²) in [5.41, 5.74) is 7.93. The van der Waals surface area contributed by atoms with Crippen LogP contribution in [-0.4, -0.2) is 63.7 Å². The van der Waals surface area contributed by atoms with Gasteiger partial charge in [0.2, 0.25) is 5.91 Å². The summed E-state index contributed by atoms with van der Waals surface area (Å²) in [7, 11) is 1.79. The summed E-state index contributed by atoms with van der Waals surface area (Å²) >= 11 is 6.55. The fourth-order valence-electron chi connectivity index (χ4n) is 4.44. The molecule has 2 aromatic heterocycles. The molecule has 1 aromatic carbocycles. The van der Waals surface area contributed by atoms with Gasteiger partial charge in [0.05, 0.1) is 22.5 Å². The second kappa shape index (κ2) is 12.2. The smallest absolute Gasteiger partial charge is 0.255 e. The van der Waals surface area contributed by atoms with E-state index in [0.717, 1.165) is 5.56 Å². The Bertz CT molecular complexity index is 1270. The fourth-order valence-corrected chi connectivity index (χ4v) is 4.70. The van der Waals surface area contributed by atoms with E-state index >= 15 is 0 Å². The number of nitrogens with two attached hydrogens (primary N) is 1. The van der Waals surface area contributed by atoms with Crippen LogP contribution in [0.25, 0.3) is 11.3 Å². The third-order valence-corrected chi connectivity index (χ3v) is 6.64. The van der Waals surface area contributed by atoms with Crippen molar-refractivity contribution in [3.8, 4) is 11.3 Å². The number of halogens is 2. The number of nitrogens with zero attached hydrogens (tertiary/aromatic N) is 4. The van der Waals surface area contributed by atoms with Gasteiger partial charge in [-0.3, -0.25) is 14.3 Å². The molecule has 0 bridgehead atoms. The maximum Gasteiger partial charge on any atom is 0.255 e. The number of aromatic nitrogens is 3. The van der Waals surface area contributed by atoms with E-state index in [1.54, 1.807) is 41.2 Å². The molecule has 1 atom stereocenters. The van der Waals surface area contributed by atoms with E-state index in [4.69, 9.17) is 17.3 Å². The Morgan fingerprint density at radius 2 is 2.16 bits per heavy atom. The minimum Gasteiger partial charge on any atom is -0.369 e. The maximum absolute atomic E-state index is 13.6. The van der Waals surface area contributed by atoms with Crippen molar-refractivity contribution in [1.29, 1.82) is 0 Å². The van der Waals surface area contributed by atoms with E-state index in [9.17, 15) is 14.0 Å². The van der Waals surface area contributed by atoms with Gasteiger partial charge in [-0.1, -0.05) is 23.7 Å². The number of benzene rings is 1. The van der Waals surface area contributed by atoms with Gasteiger partial charge >= 0.3 is 0 Å². The van der Waals surface area contributed by atoms with E-state index in [1.807, 2.05) is 6.07 Å². The SMILES string of the molecule is Cn1cc(-c2nc(NCCc3cccc(F)c3)c(C(=O)NC[C@H]3CCC(=O)N3CCCN)cc2Cl)cn1. The number of likely N-dealkylation sites (tertiary alicyclic amines) is 1. The molecule has 0 spiro atoms. The highest BCUT2D eigenvalue weighted by atomic mass is 35.5.